The number of aldehydes is 4. The number of allylic oxidation sites excluding steroid dienone is 8. The number of phenols is 3. The van der Waals surface area contributed by atoms with Gasteiger partial charge in [-0.2, -0.15) is 0 Å². The molecule has 17 nitrogen and oxygen atoms in total. The predicted molar refractivity (Wildman–Crippen MR) is 606 cm³/mol. The first-order valence-corrected chi connectivity index (χ1v) is 56.6. The molecule has 26 rings (SSSR count). The zero-order valence-electron chi connectivity index (χ0n) is 85.4. The number of aryl methyl sites for hydroxylation is 6. The molecule has 20 heteroatoms. The molecular weight excluding hydrogens is 2070 g/mol. The molecule has 800 valence electrons. The van der Waals surface area contributed by atoms with Crippen molar-refractivity contribution >= 4 is 119 Å². The number of halogens is 3. The molecule has 8 fully saturated rings. The molecule has 0 saturated heterocycles. The molecule has 1 aromatic heterocycles. The summed E-state index contributed by atoms with van der Waals surface area (Å²) in [5.74, 6) is 13.8. The van der Waals surface area contributed by atoms with Gasteiger partial charge in [0.15, 0.2) is 0 Å². The van der Waals surface area contributed by atoms with Crippen molar-refractivity contribution in [2.45, 2.75) is 340 Å². The Hall–Kier alpha value is -9.76. The first kappa shape index (κ1) is 113. The fraction of sp³-hybridized carbons (Fsp3) is 0.538. The highest BCUT2D eigenvalue weighted by atomic mass is 79.9. The van der Waals surface area contributed by atoms with Crippen LogP contribution in [0.1, 0.15) is 369 Å². The fourth-order valence-electron chi connectivity index (χ4n) is 34.3. The molecule has 0 bridgehead atoms. The number of nitrogens with zero attached hydrogens (tertiary/aromatic N) is 2. The second kappa shape index (κ2) is 44.2. The summed E-state index contributed by atoms with van der Waals surface area (Å²) in [7, 11) is 0. The molecule has 1 heterocycles. The van der Waals surface area contributed by atoms with Gasteiger partial charge in [-0.3, -0.25) is 43.2 Å². The van der Waals surface area contributed by atoms with Crippen LogP contribution in [0.25, 0.3) is 16.7 Å². The largest absolute Gasteiger partial charge is 0.508 e. The molecule has 0 amide bonds. The zero-order chi connectivity index (χ0) is 102. The number of ether oxygens (including phenoxy) is 3. The van der Waals surface area contributed by atoms with Crippen LogP contribution in [0.4, 0.5) is 0 Å². The summed E-state index contributed by atoms with van der Waals surface area (Å²) in [6.45, 7) is 18.1. The minimum Gasteiger partial charge on any atom is -0.508 e. The highest BCUT2D eigenvalue weighted by molar-refractivity contribution is 9.12. The molecule has 3 N–H and O–H groups in total. The van der Waals surface area contributed by atoms with Gasteiger partial charge in [0.25, 0.3) is 0 Å². The number of ketones is 2. The quantitative estimate of drug-likeness (QED) is 0.0725. The molecule has 8 aromatic rings. The maximum absolute atomic E-state index is 12.3. The van der Waals surface area contributed by atoms with Crippen LogP contribution in [0.3, 0.4) is 0 Å². The Labute approximate surface area is 915 Å². The third kappa shape index (κ3) is 19.6. The van der Waals surface area contributed by atoms with Gasteiger partial charge in [0.1, 0.15) is 77.5 Å². The molecule has 150 heavy (non-hydrogen) atoms. The second-order valence-electron chi connectivity index (χ2n) is 47.9. The normalized spacial score (nSPS) is 33.1. The third-order valence-electron chi connectivity index (χ3n) is 41.2. The van der Waals surface area contributed by atoms with Crippen molar-refractivity contribution in [3.8, 4) is 34.5 Å². The van der Waals surface area contributed by atoms with Crippen LogP contribution in [-0.4, -0.2) is 79.5 Å². The monoisotopic (exact) mass is 2220 g/mol. The van der Waals surface area contributed by atoms with Crippen molar-refractivity contribution in [3.63, 3.8) is 0 Å². The summed E-state index contributed by atoms with van der Waals surface area (Å²) in [4.78, 5) is 109. The highest BCUT2D eigenvalue weighted by Gasteiger charge is 2.61. The molecule has 18 unspecified atom stereocenters. The molecule has 18 aliphatic rings. The number of rotatable bonds is 8. The fourth-order valence-corrected chi connectivity index (χ4v) is 36.5. The standard InChI is InChI=1S/C26H26N2O2.2C21H23BrO3.C20H24O3.C19H21BrO2.C18H22O2.5CH4/c1-26-11-10-20-19-9-7-18(30)12-16(19)6-8-21(20)22(26)13-17(14-29)25(26)28-15-27-23-4-2-3-5-24(23)28;2*1-12(24)25-15-4-6-16-13(9-15)3-5-18-17(16)7-8-21(2)19(18)10-14(11-23)20(21)22;1-12(21)23-14-4-6-15-13(11-14)3-5-17-16(15)9-10-20(2)18(17)7-8-19(20)22;1-19-7-6-15-14-5-3-13(22)8-11(14)2-4-16(15)17(19)9-12(10-21)18(19)20;1-18-9-8-14-13-5-3-12(19)10-11(13)2-4-15(14)16(18)6-7-17(18)20;;;;;/h2-5,7,9,12,14-15,20-22,30H,6,8,10-11,13H2,1H3;2*4,6,9,11,17-19H,3,5,7-8,10H2,1-2H3;4,6,11,16-18H,3,5,7-10H2,1-2H3;3,5,8,10,15-17,22H,2,4,6-7,9H2,1H3;3,5,10,14-16,19H,2,4,6-9H2,1H3;5*1H4/t20?,21?,22?,26-;2*17?,18?,19?,21-;16?,17?,18?,20-;15?,16?,17?,19-;14?,15?,16?,18-;;;;;/m000000...../s1. The average molecular weight is 2230 g/mol. The van der Waals surface area contributed by atoms with Crippen molar-refractivity contribution in [2.75, 3.05) is 0 Å². The number of phenolic OH excluding ortho intramolecular Hbond substituents is 3. The summed E-state index contributed by atoms with van der Waals surface area (Å²) in [5, 5.41) is 29.3. The minimum atomic E-state index is -0.273. The second-order valence-corrected chi connectivity index (χ2v) is 50.3. The number of esters is 3. The first-order chi connectivity index (χ1) is 69.6. The maximum atomic E-state index is 12.3. The lowest BCUT2D eigenvalue weighted by atomic mass is 9.55. The van der Waals surface area contributed by atoms with Crippen LogP contribution in [0.15, 0.2) is 176 Å². The Morgan fingerprint density at radius 2 is 0.587 bits per heavy atom. The third-order valence-corrected chi connectivity index (χ3v) is 45.4. The number of hydrogen-bond donors (Lipinski definition) is 3. The number of para-hydroxylation sites is 2. The summed E-state index contributed by atoms with van der Waals surface area (Å²) in [6, 6.07) is 44.3. The van der Waals surface area contributed by atoms with E-state index in [1.54, 1.807) is 0 Å². The van der Waals surface area contributed by atoms with Gasteiger partial charge in [-0.25, -0.2) is 4.98 Å². The van der Waals surface area contributed by atoms with E-state index in [-0.39, 0.29) is 87.5 Å². The average Bonchev–Trinajstić information content (AvgIpc) is 1.55. The van der Waals surface area contributed by atoms with E-state index in [2.05, 4.69) is 141 Å². The number of benzene rings is 7. The smallest absolute Gasteiger partial charge is 0.308 e. The van der Waals surface area contributed by atoms with E-state index in [0.29, 0.717) is 153 Å². The van der Waals surface area contributed by atoms with Gasteiger partial charge in [0.2, 0.25) is 0 Å². The van der Waals surface area contributed by atoms with E-state index in [4.69, 9.17) is 14.2 Å². The van der Waals surface area contributed by atoms with E-state index in [1.807, 2.05) is 97.3 Å². The molecule has 7 aromatic carbocycles. The van der Waals surface area contributed by atoms with E-state index < -0.39 is 0 Å². The van der Waals surface area contributed by atoms with Crippen molar-refractivity contribution in [2.24, 2.45) is 104 Å². The minimum absolute atomic E-state index is 0. The number of Topliss-reactive ketones (excluding diaryl/α,β-unsaturated/α-hetero) is 2. The number of aromatic hydroxyl groups is 3. The van der Waals surface area contributed by atoms with Gasteiger partial charge < -0.3 is 34.1 Å². The van der Waals surface area contributed by atoms with Gasteiger partial charge in [0, 0.05) is 108 Å². The summed E-state index contributed by atoms with van der Waals surface area (Å²) in [5.41, 5.74) is 23.9. The van der Waals surface area contributed by atoms with Gasteiger partial charge >= 0.3 is 17.9 Å². The van der Waals surface area contributed by atoms with Crippen LogP contribution < -0.4 is 14.2 Å². The van der Waals surface area contributed by atoms with E-state index in [0.717, 1.165) is 258 Å². The van der Waals surface area contributed by atoms with Gasteiger partial charge in [-0.15, -0.1) is 0 Å². The van der Waals surface area contributed by atoms with Crippen molar-refractivity contribution < 1.29 is 72.7 Å². The molecule has 0 aliphatic heterocycles. The maximum Gasteiger partial charge on any atom is 0.308 e. The lowest BCUT2D eigenvalue weighted by molar-refractivity contribution is -0.132. The Bertz CT molecular complexity index is 6600. The van der Waals surface area contributed by atoms with Gasteiger partial charge in [-0.05, 0) is 451 Å². The Morgan fingerprint density at radius 3 is 0.887 bits per heavy atom. The number of imidazole rings is 1. The van der Waals surface area contributed by atoms with E-state index in [1.165, 1.54) is 112 Å². The molecular formula is C130H159Br3N2O15. The first-order valence-electron chi connectivity index (χ1n) is 54.2. The lowest BCUT2D eigenvalue weighted by Gasteiger charge is -2.50. The van der Waals surface area contributed by atoms with Crippen molar-refractivity contribution in [3.05, 3.63) is 242 Å². The topological polar surface area (TPSA) is 260 Å². The number of fused-ring (bicyclic) bond motifs is 31. The highest BCUT2D eigenvalue weighted by Crippen LogP contribution is 2.71. The molecule has 24 atom stereocenters. The number of aromatic nitrogens is 2. The van der Waals surface area contributed by atoms with E-state index >= 15 is 0 Å². The Balaban J connectivity index is 0.000000128. The van der Waals surface area contributed by atoms with Crippen LogP contribution >= 0.6 is 47.8 Å². The molecule has 18 aliphatic carbocycles. The van der Waals surface area contributed by atoms with Gasteiger partial charge in [-0.1, -0.05) is 175 Å². The van der Waals surface area contributed by atoms with E-state index in [9.17, 15) is 58.5 Å². The van der Waals surface area contributed by atoms with Crippen LogP contribution in [0, 0.1) is 104 Å². The molecule has 8 saturated carbocycles. The Kier molecular flexibility index (Phi) is 33.3. The molecule has 0 spiro atoms. The summed E-state index contributed by atoms with van der Waals surface area (Å²) in [6.07, 6.45) is 40.0. The summed E-state index contributed by atoms with van der Waals surface area (Å²) < 4.78 is 21.4. The van der Waals surface area contributed by atoms with Crippen molar-refractivity contribution in [1.82, 2.24) is 9.55 Å². The van der Waals surface area contributed by atoms with Crippen LogP contribution in [0.5, 0.6) is 34.5 Å². The molecule has 0 radical (unpaired) electrons. The van der Waals surface area contributed by atoms with Crippen LogP contribution in [0.2, 0.25) is 0 Å². The Morgan fingerprint density at radius 1 is 0.327 bits per heavy atom. The van der Waals surface area contributed by atoms with Crippen molar-refractivity contribution in [1.29, 1.82) is 0 Å². The lowest BCUT2D eigenvalue weighted by Crippen LogP contribution is -2.42. The SMILES string of the molecule is C.C.C.C.C.CC(=O)Oc1ccc2c(c1)CCC1C2CC[C@]2(C)C(=O)CCC12.CC(=O)Oc1ccc2c(c1)CCC1C2CC[C@]2(C)C(Br)=C(C=O)CC12.CC(=O)Oc1ccc2c(c1)CCC1C2CC[C@]2(C)C(Br)=C(C=O)CC12.C[C@]12CCC3c4ccc(O)cc4CCC3C1CC(C=O)=C2Br.C[C@]12CCC3c4ccc(O)cc4CCC3C1CC(C=O)=C2n1cnc2ccccc21.C[C@]12CCC3c4ccc(O)cc4CCC3C1CCC2=O. The number of carbonyl (C=O) groups excluding carboxylic acids is 9. The number of hydrogen-bond acceptors (Lipinski definition) is 16. The van der Waals surface area contributed by atoms with Crippen LogP contribution in [-0.2, 0) is 81.7 Å². The predicted octanol–water partition coefficient (Wildman–Crippen LogP) is 30.9. The zero-order valence-corrected chi connectivity index (χ0v) is 90.1. The van der Waals surface area contributed by atoms with Gasteiger partial charge in [0.05, 0.1) is 11.0 Å². The summed E-state index contributed by atoms with van der Waals surface area (Å²) >= 11 is 11.2. The number of carbonyl (C=O) groups is 9.